The Labute approximate surface area is 130 Å². The van der Waals surface area contributed by atoms with Crippen molar-refractivity contribution in [3.05, 3.63) is 24.0 Å². The zero-order chi connectivity index (χ0) is 14.8. The molecule has 2 heterocycles. The maximum absolute atomic E-state index is 5.33. The topological polar surface area (TPSA) is 61.5 Å². The van der Waals surface area contributed by atoms with E-state index in [0.717, 1.165) is 27.1 Å². The van der Waals surface area contributed by atoms with Crippen LogP contribution in [0.15, 0.2) is 18.2 Å². The van der Waals surface area contributed by atoms with Crippen molar-refractivity contribution in [2.75, 3.05) is 20.5 Å². The summed E-state index contributed by atoms with van der Waals surface area (Å²) in [7, 11) is 3.24. The Bertz CT molecular complexity index is 769. The largest absolute Gasteiger partial charge is 0.493 e. The lowest BCUT2D eigenvalue weighted by Gasteiger charge is -2.07. The van der Waals surface area contributed by atoms with Crippen LogP contribution < -0.4 is 9.47 Å². The minimum Gasteiger partial charge on any atom is -0.493 e. The minimum atomic E-state index is 0.685. The Kier molecular flexibility index (Phi) is 3.98. The summed E-state index contributed by atoms with van der Waals surface area (Å²) in [4.78, 5) is 0.795. The summed E-state index contributed by atoms with van der Waals surface area (Å²) in [5.41, 5.74) is 0.971. The van der Waals surface area contributed by atoms with E-state index >= 15 is 0 Å². The van der Waals surface area contributed by atoms with Crippen molar-refractivity contribution in [3.63, 3.8) is 0 Å². The molecule has 0 saturated carbocycles. The maximum atomic E-state index is 5.33. The molecule has 3 rings (SSSR count). The number of methoxy groups -OCH3 is 2. The van der Waals surface area contributed by atoms with Crippen molar-refractivity contribution < 1.29 is 9.47 Å². The lowest BCUT2D eigenvalue weighted by molar-refractivity contribution is 0.355. The van der Waals surface area contributed by atoms with Gasteiger partial charge in [-0.2, -0.15) is 21.4 Å². The molecule has 3 aromatic rings. The highest BCUT2D eigenvalue weighted by Gasteiger charge is 2.14. The number of thioether (sulfide) groups is 1. The number of ether oxygens (including phenoxy) is 2. The van der Waals surface area contributed by atoms with Crippen molar-refractivity contribution in [2.24, 2.45) is 0 Å². The molecule has 0 bridgehead atoms. The molecular weight excluding hydrogens is 308 g/mol. The molecule has 1 aromatic carbocycles. The summed E-state index contributed by atoms with van der Waals surface area (Å²) in [6, 6.07) is 5.75. The quantitative estimate of drug-likeness (QED) is 0.720. The van der Waals surface area contributed by atoms with Crippen LogP contribution in [0, 0.1) is 0 Å². The van der Waals surface area contributed by atoms with Crippen molar-refractivity contribution in [1.29, 1.82) is 0 Å². The van der Waals surface area contributed by atoms with Crippen LogP contribution in [-0.2, 0) is 5.75 Å². The van der Waals surface area contributed by atoms with Crippen molar-refractivity contribution in [2.45, 2.75) is 5.75 Å². The van der Waals surface area contributed by atoms with Gasteiger partial charge in [-0.1, -0.05) is 11.3 Å². The van der Waals surface area contributed by atoms with E-state index in [1.165, 1.54) is 11.3 Å². The number of benzene rings is 1. The van der Waals surface area contributed by atoms with Gasteiger partial charge in [0, 0.05) is 5.56 Å². The molecule has 0 N–H and O–H groups in total. The highest BCUT2D eigenvalue weighted by atomic mass is 32.2. The standard InChI is InChI=1S/C13H14N4O2S2/c1-18-9-5-4-8(6-10(9)19-2)12-16-17-11(7-20-3)14-15-13(17)21-12/h4-6H,7H2,1-3H3. The fourth-order valence-electron chi connectivity index (χ4n) is 1.96. The van der Waals surface area contributed by atoms with Gasteiger partial charge in [0.05, 0.1) is 20.0 Å². The number of hydrogen-bond donors (Lipinski definition) is 0. The van der Waals surface area contributed by atoms with E-state index in [1.54, 1.807) is 30.5 Å². The number of rotatable bonds is 5. The molecular formula is C13H14N4O2S2. The van der Waals surface area contributed by atoms with Crippen LogP contribution in [0.25, 0.3) is 15.5 Å². The summed E-state index contributed by atoms with van der Waals surface area (Å²) in [6.07, 6.45) is 2.03. The molecule has 0 radical (unpaired) electrons. The number of hydrogen-bond acceptors (Lipinski definition) is 7. The zero-order valence-corrected chi connectivity index (χ0v) is 13.5. The van der Waals surface area contributed by atoms with E-state index < -0.39 is 0 Å². The Morgan fingerprint density at radius 1 is 1.19 bits per heavy atom. The number of aromatic nitrogens is 4. The lowest BCUT2D eigenvalue weighted by Crippen LogP contribution is -1.94. The first kappa shape index (κ1) is 14.2. The molecule has 0 unspecified atom stereocenters. The third kappa shape index (κ3) is 2.56. The van der Waals surface area contributed by atoms with E-state index in [-0.39, 0.29) is 0 Å². The number of fused-ring (bicyclic) bond motifs is 1. The van der Waals surface area contributed by atoms with Gasteiger partial charge in [-0.3, -0.25) is 0 Å². The van der Waals surface area contributed by atoms with Crippen LogP contribution in [-0.4, -0.2) is 40.3 Å². The molecule has 0 spiro atoms. The van der Waals surface area contributed by atoms with Gasteiger partial charge in [0.1, 0.15) is 5.01 Å². The van der Waals surface area contributed by atoms with E-state index in [4.69, 9.17) is 9.47 Å². The second-order valence-corrected chi connectivity index (χ2v) is 6.04. The predicted molar refractivity (Wildman–Crippen MR) is 84.4 cm³/mol. The third-order valence-electron chi connectivity index (χ3n) is 2.96. The SMILES string of the molecule is COc1ccc(-c2nn3c(CSC)nnc3s2)cc1OC. The van der Waals surface area contributed by atoms with E-state index in [9.17, 15) is 0 Å². The molecule has 0 atom stereocenters. The summed E-state index contributed by atoms with van der Waals surface area (Å²) >= 11 is 3.20. The van der Waals surface area contributed by atoms with Gasteiger partial charge < -0.3 is 9.47 Å². The Balaban J connectivity index is 2.03. The predicted octanol–water partition coefficient (Wildman–Crippen LogP) is 2.73. The first-order chi connectivity index (χ1) is 10.3. The molecule has 0 amide bonds. The molecule has 2 aromatic heterocycles. The molecule has 0 fully saturated rings. The molecule has 6 nitrogen and oxygen atoms in total. The molecule has 8 heteroatoms. The van der Waals surface area contributed by atoms with Gasteiger partial charge in [0.25, 0.3) is 0 Å². The molecule has 21 heavy (non-hydrogen) atoms. The third-order valence-corrected chi connectivity index (χ3v) is 4.45. The fourth-order valence-corrected chi connectivity index (χ4v) is 3.26. The normalized spacial score (nSPS) is 11.0. The molecule has 0 aliphatic rings. The van der Waals surface area contributed by atoms with Crippen molar-refractivity contribution >= 4 is 28.1 Å². The average molecular weight is 322 g/mol. The van der Waals surface area contributed by atoms with Crippen LogP contribution in [0.5, 0.6) is 11.5 Å². The summed E-state index contributed by atoms with van der Waals surface area (Å²) < 4.78 is 12.4. The van der Waals surface area contributed by atoms with Crippen LogP contribution in [0.4, 0.5) is 0 Å². The van der Waals surface area contributed by atoms with Gasteiger partial charge in [0.15, 0.2) is 17.3 Å². The van der Waals surface area contributed by atoms with Crippen LogP contribution in [0.2, 0.25) is 0 Å². The van der Waals surface area contributed by atoms with Gasteiger partial charge in [-0.15, -0.1) is 10.2 Å². The summed E-state index contributed by atoms with van der Waals surface area (Å²) in [5.74, 6) is 3.04. The van der Waals surface area contributed by atoms with Crippen LogP contribution >= 0.6 is 23.1 Å². The van der Waals surface area contributed by atoms with Gasteiger partial charge in [-0.25, -0.2) is 0 Å². The van der Waals surface area contributed by atoms with Crippen LogP contribution in [0.1, 0.15) is 5.82 Å². The van der Waals surface area contributed by atoms with Gasteiger partial charge >= 0.3 is 0 Å². The first-order valence-corrected chi connectivity index (χ1v) is 8.40. The first-order valence-electron chi connectivity index (χ1n) is 6.19. The number of nitrogens with zero attached hydrogens (tertiary/aromatic N) is 4. The van der Waals surface area contributed by atoms with Crippen molar-refractivity contribution in [3.8, 4) is 22.1 Å². The van der Waals surface area contributed by atoms with Gasteiger partial charge in [-0.05, 0) is 24.5 Å². The second kappa shape index (κ2) is 5.90. The zero-order valence-electron chi connectivity index (χ0n) is 11.9. The highest BCUT2D eigenvalue weighted by molar-refractivity contribution is 7.97. The average Bonchev–Trinajstić information content (AvgIpc) is 3.09. The maximum Gasteiger partial charge on any atom is 0.235 e. The monoisotopic (exact) mass is 322 g/mol. The van der Waals surface area contributed by atoms with Gasteiger partial charge in [0.2, 0.25) is 4.96 Å². The Morgan fingerprint density at radius 3 is 2.71 bits per heavy atom. The van der Waals surface area contributed by atoms with Crippen molar-refractivity contribution in [1.82, 2.24) is 19.8 Å². The second-order valence-electron chi connectivity index (χ2n) is 4.22. The highest BCUT2D eigenvalue weighted by Crippen LogP contribution is 2.34. The van der Waals surface area contributed by atoms with E-state index in [2.05, 4.69) is 15.3 Å². The molecule has 0 saturated heterocycles. The van der Waals surface area contributed by atoms with Crippen LogP contribution in [0.3, 0.4) is 0 Å². The Morgan fingerprint density at radius 2 is 2.00 bits per heavy atom. The smallest absolute Gasteiger partial charge is 0.235 e. The van der Waals surface area contributed by atoms with E-state index in [1.807, 2.05) is 24.5 Å². The minimum absolute atomic E-state index is 0.685. The lowest BCUT2D eigenvalue weighted by atomic mass is 10.2. The molecule has 0 aliphatic carbocycles. The Hall–Kier alpha value is -1.80. The summed E-state index contributed by atoms with van der Waals surface area (Å²) in [6.45, 7) is 0. The fraction of sp³-hybridized carbons (Fsp3) is 0.308. The molecule has 110 valence electrons. The van der Waals surface area contributed by atoms with E-state index in [0.29, 0.717) is 11.5 Å². The molecule has 0 aliphatic heterocycles. The summed E-state index contributed by atoms with van der Waals surface area (Å²) in [5, 5.41) is 13.8.